The number of nitrogens with zero attached hydrogens (tertiary/aromatic N) is 1. The van der Waals surface area contributed by atoms with Gasteiger partial charge in [0.05, 0.1) is 0 Å². The van der Waals surface area contributed by atoms with Crippen LogP contribution in [0.3, 0.4) is 0 Å². The second-order valence-corrected chi connectivity index (χ2v) is 4.50. The summed E-state index contributed by atoms with van der Waals surface area (Å²) < 4.78 is 12.7. The van der Waals surface area contributed by atoms with E-state index < -0.39 is 0 Å². The van der Waals surface area contributed by atoms with Crippen LogP contribution in [0.4, 0.5) is 4.39 Å². The van der Waals surface area contributed by atoms with Crippen LogP contribution in [0.2, 0.25) is 0 Å². The van der Waals surface area contributed by atoms with E-state index in [1.165, 1.54) is 18.2 Å². The van der Waals surface area contributed by atoms with E-state index in [1.54, 1.807) is 30.2 Å². The second kappa shape index (κ2) is 6.18. The minimum atomic E-state index is -0.273. The molecule has 0 N–H and O–H groups in total. The minimum Gasteiger partial charge on any atom is -0.342 e. The van der Waals surface area contributed by atoms with Gasteiger partial charge >= 0.3 is 0 Å². The maximum atomic E-state index is 12.7. The lowest BCUT2D eigenvalue weighted by Crippen LogP contribution is -2.28. The van der Waals surface area contributed by atoms with Crippen molar-refractivity contribution in [2.24, 2.45) is 5.92 Å². The van der Waals surface area contributed by atoms with Crippen LogP contribution in [-0.4, -0.2) is 24.4 Å². The zero-order valence-corrected chi connectivity index (χ0v) is 10.5. The molecule has 3 heteroatoms. The first-order valence-corrected chi connectivity index (χ1v) is 5.68. The van der Waals surface area contributed by atoms with Crippen LogP contribution >= 0.6 is 0 Å². The van der Waals surface area contributed by atoms with Gasteiger partial charge in [-0.15, -0.1) is 0 Å². The summed E-state index contributed by atoms with van der Waals surface area (Å²) in [6.45, 7) is 4.85. The Morgan fingerprint density at radius 3 is 2.47 bits per heavy atom. The average molecular weight is 235 g/mol. The molecule has 0 saturated carbocycles. The molecule has 1 aromatic carbocycles. The molecule has 92 valence electrons. The quantitative estimate of drug-likeness (QED) is 0.735. The Labute approximate surface area is 102 Å². The summed E-state index contributed by atoms with van der Waals surface area (Å²) in [4.78, 5) is 13.4. The van der Waals surface area contributed by atoms with Crippen LogP contribution in [0.1, 0.15) is 19.4 Å². The number of benzene rings is 1. The Morgan fingerprint density at radius 2 is 1.94 bits per heavy atom. The van der Waals surface area contributed by atoms with Gasteiger partial charge in [0.1, 0.15) is 5.82 Å². The van der Waals surface area contributed by atoms with Gasteiger partial charge in [-0.25, -0.2) is 4.39 Å². The SMILES string of the molecule is CC(C)CN(C)C(=O)/C=C/c1ccc(F)cc1. The van der Waals surface area contributed by atoms with Gasteiger partial charge in [0.15, 0.2) is 0 Å². The van der Waals surface area contributed by atoms with Crippen molar-refractivity contribution in [1.29, 1.82) is 0 Å². The van der Waals surface area contributed by atoms with Gasteiger partial charge in [-0.1, -0.05) is 26.0 Å². The lowest BCUT2D eigenvalue weighted by molar-refractivity contribution is -0.125. The third-order valence-corrected chi connectivity index (χ3v) is 2.30. The molecule has 0 saturated heterocycles. The minimum absolute atomic E-state index is 0.0389. The van der Waals surface area contributed by atoms with Crippen molar-refractivity contribution in [2.75, 3.05) is 13.6 Å². The Balaban J connectivity index is 2.58. The van der Waals surface area contributed by atoms with E-state index in [0.29, 0.717) is 5.92 Å². The summed E-state index contributed by atoms with van der Waals surface area (Å²) in [6.07, 6.45) is 3.20. The van der Waals surface area contributed by atoms with Crippen molar-refractivity contribution in [2.45, 2.75) is 13.8 Å². The molecule has 0 atom stereocenters. The molecule has 2 nitrogen and oxygen atoms in total. The predicted octanol–water partition coefficient (Wildman–Crippen LogP) is 2.95. The average Bonchev–Trinajstić information content (AvgIpc) is 2.27. The molecule has 1 rings (SSSR count). The smallest absolute Gasteiger partial charge is 0.246 e. The van der Waals surface area contributed by atoms with Crippen LogP contribution in [0.15, 0.2) is 30.3 Å². The molecule has 0 spiro atoms. The Kier molecular flexibility index (Phi) is 4.88. The first kappa shape index (κ1) is 13.4. The van der Waals surface area contributed by atoms with Gasteiger partial charge in [0.25, 0.3) is 0 Å². The highest BCUT2D eigenvalue weighted by atomic mass is 19.1. The molecule has 0 radical (unpaired) electrons. The monoisotopic (exact) mass is 235 g/mol. The number of carbonyl (C=O) groups excluding carboxylic acids is 1. The highest BCUT2D eigenvalue weighted by molar-refractivity contribution is 5.91. The lowest BCUT2D eigenvalue weighted by atomic mass is 10.2. The summed E-state index contributed by atoms with van der Waals surface area (Å²) in [5, 5.41) is 0. The number of hydrogen-bond acceptors (Lipinski definition) is 1. The molecule has 1 amide bonds. The molecule has 0 bridgehead atoms. The van der Waals surface area contributed by atoms with Crippen LogP contribution in [0, 0.1) is 11.7 Å². The van der Waals surface area contributed by atoms with E-state index in [9.17, 15) is 9.18 Å². The Bertz CT molecular complexity index is 395. The number of carbonyl (C=O) groups is 1. The van der Waals surface area contributed by atoms with Crippen LogP contribution in [0.5, 0.6) is 0 Å². The molecular weight excluding hydrogens is 217 g/mol. The fourth-order valence-corrected chi connectivity index (χ4v) is 1.51. The predicted molar refractivity (Wildman–Crippen MR) is 67.9 cm³/mol. The third-order valence-electron chi connectivity index (χ3n) is 2.30. The summed E-state index contributed by atoms with van der Waals surface area (Å²) in [7, 11) is 1.78. The highest BCUT2D eigenvalue weighted by Gasteiger charge is 2.06. The Morgan fingerprint density at radius 1 is 1.35 bits per heavy atom. The highest BCUT2D eigenvalue weighted by Crippen LogP contribution is 2.05. The van der Waals surface area contributed by atoms with Gasteiger partial charge < -0.3 is 4.90 Å². The van der Waals surface area contributed by atoms with Crippen LogP contribution < -0.4 is 0 Å². The van der Waals surface area contributed by atoms with E-state index in [2.05, 4.69) is 13.8 Å². The van der Waals surface area contributed by atoms with Crippen molar-refractivity contribution in [1.82, 2.24) is 4.90 Å². The molecule has 0 aromatic heterocycles. The van der Waals surface area contributed by atoms with Crippen LogP contribution in [-0.2, 0) is 4.79 Å². The number of rotatable bonds is 4. The fourth-order valence-electron chi connectivity index (χ4n) is 1.51. The lowest BCUT2D eigenvalue weighted by Gasteiger charge is -2.17. The summed E-state index contributed by atoms with van der Waals surface area (Å²) in [5.74, 6) is 0.136. The maximum absolute atomic E-state index is 12.7. The van der Waals surface area contributed by atoms with Crippen molar-refractivity contribution >= 4 is 12.0 Å². The van der Waals surface area contributed by atoms with Crippen molar-refractivity contribution in [3.8, 4) is 0 Å². The summed E-state index contributed by atoms with van der Waals surface area (Å²) in [5.41, 5.74) is 0.817. The number of halogens is 1. The van der Waals surface area contributed by atoms with Crippen molar-refractivity contribution in [3.05, 3.63) is 41.7 Å². The standard InChI is InChI=1S/C14H18FNO/c1-11(2)10-16(3)14(17)9-6-12-4-7-13(15)8-5-12/h4-9,11H,10H2,1-3H3/b9-6+. The molecule has 0 heterocycles. The third kappa shape index (κ3) is 4.81. The van der Waals surface area contributed by atoms with E-state index in [1.807, 2.05) is 0 Å². The van der Waals surface area contributed by atoms with Gasteiger partial charge in [-0.2, -0.15) is 0 Å². The number of amides is 1. The van der Waals surface area contributed by atoms with E-state index in [0.717, 1.165) is 12.1 Å². The van der Waals surface area contributed by atoms with Crippen LogP contribution in [0.25, 0.3) is 6.08 Å². The molecule has 0 fully saturated rings. The maximum Gasteiger partial charge on any atom is 0.246 e. The van der Waals surface area contributed by atoms with E-state index in [-0.39, 0.29) is 11.7 Å². The molecule has 0 unspecified atom stereocenters. The molecule has 1 aromatic rings. The van der Waals surface area contributed by atoms with E-state index >= 15 is 0 Å². The molecular formula is C14H18FNO. The zero-order chi connectivity index (χ0) is 12.8. The van der Waals surface area contributed by atoms with Gasteiger partial charge in [0, 0.05) is 19.7 Å². The van der Waals surface area contributed by atoms with Gasteiger partial charge in [0.2, 0.25) is 5.91 Å². The molecule has 0 aliphatic heterocycles. The normalized spacial score (nSPS) is 11.1. The largest absolute Gasteiger partial charge is 0.342 e. The molecule has 0 aliphatic carbocycles. The number of hydrogen-bond donors (Lipinski definition) is 0. The van der Waals surface area contributed by atoms with Crippen molar-refractivity contribution < 1.29 is 9.18 Å². The Hall–Kier alpha value is -1.64. The van der Waals surface area contributed by atoms with Gasteiger partial charge in [-0.05, 0) is 29.7 Å². The summed E-state index contributed by atoms with van der Waals surface area (Å²) in [6, 6.07) is 6.03. The molecule has 17 heavy (non-hydrogen) atoms. The fraction of sp³-hybridized carbons (Fsp3) is 0.357. The van der Waals surface area contributed by atoms with E-state index in [4.69, 9.17) is 0 Å². The zero-order valence-electron chi connectivity index (χ0n) is 10.5. The second-order valence-electron chi connectivity index (χ2n) is 4.50. The van der Waals surface area contributed by atoms with Gasteiger partial charge in [-0.3, -0.25) is 4.79 Å². The summed E-state index contributed by atoms with van der Waals surface area (Å²) >= 11 is 0. The topological polar surface area (TPSA) is 20.3 Å². The first-order valence-electron chi connectivity index (χ1n) is 5.68. The number of likely N-dealkylation sites (N-methyl/N-ethyl adjacent to an activating group) is 1. The van der Waals surface area contributed by atoms with Crippen molar-refractivity contribution in [3.63, 3.8) is 0 Å². The molecule has 0 aliphatic rings. The first-order chi connectivity index (χ1) is 7.99.